The molecule has 2 aromatic carbocycles. The van der Waals surface area contributed by atoms with E-state index in [1.807, 2.05) is 13.2 Å². The van der Waals surface area contributed by atoms with Gasteiger partial charge in [-0.25, -0.2) is 0 Å². The first-order chi connectivity index (χ1) is 8.81. The van der Waals surface area contributed by atoms with Crippen LogP contribution in [0.3, 0.4) is 0 Å². The summed E-state index contributed by atoms with van der Waals surface area (Å²) in [7, 11) is 1.92. The smallest absolute Gasteiger partial charge is 0.00277 e. The lowest BCUT2D eigenvalue weighted by Crippen LogP contribution is -1.95. The van der Waals surface area contributed by atoms with Crippen molar-refractivity contribution in [2.75, 3.05) is 7.05 Å². The fourth-order valence-electron chi connectivity index (χ4n) is 2.04. The first kappa shape index (κ1) is 12.4. The summed E-state index contributed by atoms with van der Waals surface area (Å²) in [5, 5.41) is 3.04. The molecule has 0 aromatic heterocycles. The van der Waals surface area contributed by atoms with Crippen molar-refractivity contribution in [1.82, 2.24) is 5.32 Å². The fraction of sp³-hybridized carbons (Fsp3) is 0.176. The van der Waals surface area contributed by atoms with Gasteiger partial charge in [0.2, 0.25) is 0 Å². The third-order valence-electron chi connectivity index (χ3n) is 3.13. The van der Waals surface area contributed by atoms with Gasteiger partial charge in [0.05, 0.1) is 0 Å². The molecule has 2 rings (SSSR count). The van der Waals surface area contributed by atoms with E-state index in [4.69, 9.17) is 0 Å². The van der Waals surface area contributed by atoms with Gasteiger partial charge in [0.1, 0.15) is 0 Å². The number of hydrogen-bond donors (Lipinski definition) is 1. The molecule has 0 unspecified atom stereocenters. The van der Waals surface area contributed by atoms with Gasteiger partial charge in [0.15, 0.2) is 0 Å². The Labute approximate surface area is 109 Å². The van der Waals surface area contributed by atoms with Gasteiger partial charge in [-0.2, -0.15) is 0 Å². The molecule has 2 aromatic rings. The van der Waals surface area contributed by atoms with Crippen LogP contribution in [0.4, 0.5) is 0 Å². The Morgan fingerprint density at radius 1 is 0.944 bits per heavy atom. The van der Waals surface area contributed by atoms with Gasteiger partial charge in [-0.1, -0.05) is 48.5 Å². The van der Waals surface area contributed by atoms with Crippen LogP contribution in [0, 0.1) is 6.92 Å². The zero-order valence-corrected chi connectivity index (χ0v) is 11.0. The molecule has 92 valence electrons. The van der Waals surface area contributed by atoms with Crippen molar-refractivity contribution in [3.63, 3.8) is 0 Å². The Hall–Kier alpha value is -2.02. The number of rotatable bonds is 4. The average Bonchev–Trinajstić information content (AvgIpc) is 2.40. The third-order valence-corrected chi connectivity index (χ3v) is 3.13. The highest BCUT2D eigenvalue weighted by Crippen LogP contribution is 2.17. The monoisotopic (exact) mass is 237 g/mol. The molecule has 0 fully saturated rings. The van der Waals surface area contributed by atoms with Gasteiger partial charge in [-0.05, 0) is 47.9 Å². The molecule has 0 bridgehead atoms. The Bertz CT molecular complexity index is 541. The number of hydrogen-bond acceptors (Lipinski definition) is 1. The zero-order valence-electron chi connectivity index (χ0n) is 11.0. The molecule has 0 saturated carbocycles. The Morgan fingerprint density at radius 3 is 2.33 bits per heavy atom. The van der Waals surface area contributed by atoms with Crippen LogP contribution < -0.4 is 5.32 Å². The summed E-state index contributed by atoms with van der Waals surface area (Å²) in [6.07, 6.45) is 5.07. The van der Waals surface area contributed by atoms with Crippen molar-refractivity contribution in [2.24, 2.45) is 0 Å². The minimum absolute atomic E-state index is 0.983. The summed E-state index contributed by atoms with van der Waals surface area (Å²) < 4.78 is 0. The minimum Gasteiger partial charge on any atom is -0.394 e. The minimum atomic E-state index is 0.983. The van der Waals surface area contributed by atoms with Crippen LogP contribution in [0.2, 0.25) is 0 Å². The van der Waals surface area contributed by atoms with Crippen molar-refractivity contribution in [1.29, 1.82) is 0 Å². The molecule has 0 heterocycles. The molecule has 0 radical (unpaired) electrons. The van der Waals surface area contributed by atoms with Crippen LogP contribution in [0.25, 0.3) is 6.08 Å². The van der Waals surface area contributed by atoms with E-state index < -0.39 is 0 Å². The first-order valence-electron chi connectivity index (χ1n) is 6.27. The summed E-state index contributed by atoms with van der Waals surface area (Å²) in [4.78, 5) is 0. The summed E-state index contributed by atoms with van der Waals surface area (Å²) in [6, 6.07) is 17.1. The molecule has 0 amide bonds. The van der Waals surface area contributed by atoms with E-state index in [9.17, 15) is 0 Å². The van der Waals surface area contributed by atoms with Gasteiger partial charge in [0, 0.05) is 7.05 Å². The van der Waals surface area contributed by atoms with Gasteiger partial charge < -0.3 is 5.32 Å². The topological polar surface area (TPSA) is 12.0 Å². The number of nitrogens with one attached hydrogen (secondary N) is 1. The van der Waals surface area contributed by atoms with Crippen LogP contribution >= 0.6 is 0 Å². The Morgan fingerprint density at radius 2 is 1.61 bits per heavy atom. The Balaban J connectivity index is 2.29. The van der Waals surface area contributed by atoms with Crippen molar-refractivity contribution < 1.29 is 0 Å². The molecule has 0 aliphatic rings. The van der Waals surface area contributed by atoms with E-state index in [-0.39, 0.29) is 0 Å². The highest BCUT2D eigenvalue weighted by atomic mass is 14.8. The molecule has 0 aliphatic carbocycles. The maximum atomic E-state index is 3.04. The third kappa shape index (κ3) is 3.01. The Kier molecular flexibility index (Phi) is 4.19. The van der Waals surface area contributed by atoms with Crippen molar-refractivity contribution >= 4 is 6.08 Å². The number of aryl methyl sites for hydroxylation is 1. The molecule has 18 heavy (non-hydrogen) atoms. The SMILES string of the molecule is CN/C=C\c1ccccc1Cc1ccccc1C. The molecule has 1 nitrogen and oxygen atoms in total. The standard InChI is InChI=1S/C17H19N/c1-14-7-3-4-9-16(14)13-17-10-6-5-8-15(17)11-12-18-2/h3-12,18H,13H2,1-2H3/b12-11-. The van der Waals surface area contributed by atoms with Crippen LogP contribution in [-0.4, -0.2) is 7.05 Å². The van der Waals surface area contributed by atoms with E-state index in [1.165, 1.54) is 22.3 Å². The second-order valence-corrected chi connectivity index (χ2v) is 4.42. The molecule has 0 saturated heterocycles. The second kappa shape index (κ2) is 6.06. The highest BCUT2D eigenvalue weighted by Gasteiger charge is 2.02. The quantitative estimate of drug-likeness (QED) is 0.853. The molecule has 1 heteroatoms. The van der Waals surface area contributed by atoms with Crippen molar-refractivity contribution in [3.05, 3.63) is 77.0 Å². The molecule has 0 aliphatic heterocycles. The van der Waals surface area contributed by atoms with Gasteiger partial charge in [-0.3, -0.25) is 0 Å². The summed E-state index contributed by atoms with van der Waals surface area (Å²) in [5.41, 5.74) is 5.38. The van der Waals surface area contributed by atoms with Crippen molar-refractivity contribution in [2.45, 2.75) is 13.3 Å². The molecule has 0 spiro atoms. The van der Waals surface area contributed by atoms with Gasteiger partial charge >= 0.3 is 0 Å². The fourth-order valence-corrected chi connectivity index (χ4v) is 2.04. The van der Waals surface area contributed by atoms with Crippen LogP contribution in [0.1, 0.15) is 22.3 Å². The van der Waals surface area contributed by atoms with Crippen LogP contribution in [0.5, 0.6) is 0 Å². The normalized spacial score (nSPS) is 10.8. The zero-order chi connectivity index (χ0) is 12.8. The molecule has 0 atom stereocenters. The highest BCUT2D eigenvalue weighted by molar-refractivity contribution is 5.54. The van der Waals surface area contributed by atoms with E-state index in [0.29, 0.717) is 0 Å². The predicted octanol–water partition coefficient (Wildman–Crippen LogP) is 3.78. The second-order valence-electron chi connectivity index (χ2n) is 4.42. The van der Waals surface area contributed by atoms with E-state index in [0.717, 1.165) is 6.42 Å². The summed E-state index contributed by atoms with van der Waals surface area (Å²) in [5.74, 6) is 0. The van der Waals surface area contributed by atoms with E-state index >= 15 is 0 Å². The maximum Gasteiger partial charge on any atom is 0.00277 e. The van der Waals surface area contributed by atoms with E-state index in [2.05, 4.69) is 66.8 Å². The summed E-state index contributed by atoms with van der Waals surface area (Å²) >= 11 is 0. The van der Waals surface area contributed by atoms with Crippen LogP contribution in [-0.2, 0) is 6.42 Å². The van der Waals surface area contributed by atoms with Crippen molar-refractivity contribution in [3.8, 4) is 0 Å². The average molecular weight is 237 g/mol. The van der Waals surface area contributed by atoms with Gasteiger partial charge in [0.25, 0.3) is 0 Å². The van der Waals surface area contributed by atoms with Crippen LogP contribution in [0.15, 0.2) is 54.7 Å². The lowest BCUT2D eigenvalue weighted by Gasteiger charge is -2.08. The largest absolute Gasteiger partial charge is 0.394 e. The molecule has 1 N–H and O–H groups in total. The number of benzene rings is 2. The predicted molar refractivity (Wildman–Crippen MR) is 78.5 cm³/mol. The first-order valence-corrected chi connectivity index (χ1v) is 6.27. The van der Waals surface area contributed by atoms with Gasteiger partial charge in [-0.15, -0.1) is 0 Å². The lowest BCUT2D eigenvalue weighted by molar-refractivity contribution is 1.11. The summed E-state index contributed by atoms with van der Waals surface area (Å²) in [6.45, 7) is 2.17. The molecular formula is C17H19N. The molecular weight excluding hydrogens is 218 g/mol. The van der Waals surface area contributed by atoms with E-state index in [1.54, 1.807) is 0 Å². The maximum absolute atomic E-state index is 3.04. The lowest BCUT2D eigenvalue weighted by atomic mass is 9.97.